The Bertz CT molecular complexity index is 184. The zero-order valence-electron chi connectivity index (χ0n) is 8.16. The summed E-state index contributed by atoms with van der Waals surface area (Å²) in [5.41, 5.74) is 3.38. The van der Waals surface area contributed by atoms with Crippen LogP contribution in [0.15, 0.2) is 36.5 Å². The van der Waals surface area contributed by atoms with E-state index in [2.05, 4.69) is 33.6 Å². The van der Waals surface area contributed by atoms with Crippen molar-refractivity contribution in [3.05, 3.63) is 43.4 Å². The Kier molecular flexibility index (Phi) is 5.27. The molecule has 0 fully saturated rings. The van der Waals surface area contributed by atoms with Crippen LogP contribution >= 0.6 is 0 Å². The smallest absolute Gasteiger partial charge is 0.0995 e. The molecule has 0 heteroatoms. The van der Waals surface area contributed by atoms with Crippen LogP contribution in [0.4, 0.5) is 0 Å². The first-order chi connectivity index (χ1) is 5.56. The van der Waals surface area contributed by atoms with Crippen LogP contribution in [0, 0.1) is 6.92 Å². The highest BCUT2D eigenvalue weighted by Crippen LogP contribution is 2.17. The molecule has 0 aromatic rings. The van der Waals surface area contributed by atoms with Crippen LogP contribution in [0.5, 0.6) is 0 Å². The average molecular weight is 163 g/mol. The largest absolute Gasteiger partial charge is 0.100 e. The highest BCUT2D eigenvalue weighted by Gasteiger charge is 2.00. The third-order valence-electron chi connectivity index (χ3n) is 1.60. The van der Waals surface area contributed by atoms with E-state index < -0.39 is 0 Å². The lowest BCUT2D eigenvalue weighted by Crippen LogP contribution is -1.87. The molecule has 0 atom stereocenters. The van der Waals surface area contributed by atoms with Crippen molar-refractivity contribution in [3.63, 3.8) is 0 Å². The number of hydrogen-bond acceptors (Lipinski definition) is 0. The van der Waals surface area contributed by atoms with Crippen molar-refractivity contribution in [1.29, 1.82) is 0 Å². The van der Waals surface area contributed by atoms with Gasteiger partial charge in [-0.1, -0.05) is 37.6 Å². The van der Waals surface area contributed by atoms with Gasteiger partial charge in [-0.3, -0.25) is 0 Å². The van der Waals surface area contributed by atoms with Crippen molar-refractivity contribution in [3.8, 4) is 0 Å². The van der Waals surface area contributed by atoms with Gasteiger partial charge in [-0.15, -0.1) is 0 Å². The predicted molar refractivity (Wildman–Crippen MR) is 56.9 cm³/mol. The molecule has 0 aromatic heterocycles. The minimum atomic E-state index is 0.836. The van der Waals surface area contributed by atoms with Crippen LogP contribution < -0.4 is 0 Å². The number of rotatable bonds is 6. The topological polar surface area (TPSA) is 0 Å². The molecule has 0 saturated heterocycles. The Balaban J connectivity index is 3.69. The second-order valence-electron chi connectivity index (χ2n) is 3.35. The third-order valence-corrected chi connectivity index (χ3v) is 1.60. The normalized spacial score (nSPS) is 9.42. The molecule has 0 aliphatic carbocycles. The zero-order chi connectivity index (χ0) is 9.56. The van der Waals surface area contributed by atoms with Gasteiger partial charge in [-0.05, 0) is 12.8 Å². The van der Waals surface area contributed by atoms with Crippen LogP contribution in [-0.2, 0) is 0 Å². The van der Waals surface area contributed by atoms with E-state index in [1.165, 1.54) is 11.1 Å². The van der Waals surface area contributed by atoms with Crippen molar-refractivity contribution in [2.45, 2.75) is 32.6 Å². The monoisotopic (exact) mass is 163 g/mol. The number of hydrogen-bond donors (Lipinski definition) is 0. The van der Waals surface area contributed by atoms with Crippen molar-refractivity contribution >= 4 is 0 Å². The van der Waals surface area contributed by atoms with Crippen LogP contribution in [0.1, 0.15) is 32.6 Å². The van der Waals surface area contributed by atoms with Gasteiger partial charge in [-0.25, -0.2) is 0 Å². The van der Waals surface area contributed by atoms with Crippen LogP contribution in [-0.4, -0.2) is 0 Å². The molecule has 66 valence electrons. The first-order valence-corrected chi connectivity index (χ1v) is 4.39. The van der Waals surface area contributed by atoms with Crippen molar-refractivity contribution in [2.24, 2.45) is 0 Å². The van der Waals surface area contributed by atoms with E-state index in [1.807, 2.05) is 0 Å². The van der Waals surface area contributed by atoms with Gasteiger partial charge in [0.15, 0.2) is 0 Å². The number of allylic oxidation sites excluding steroid dienone is 3. The maximum Gasteiger partial charge on any atom is 0.100 e. The second-order valence-corrected chi connectivity index (χ2v) is 3.35. The fourth-order valence-corrected chi connectivity index (χ4v) is 1.21. The summed E-state index contributed by atoms with van der Waals surface area (Å²) < 4.78 is 0. The molecule has 0 rings (SSSR count). The molecule has 0 heterocycles. The van der Waals surface area contributed by atoms with Gasteiger partial charge in [-0.2, -0.15) is 0 Å². The Labute approximate surface area is 76.7 Å². The molecule has 0 aromatic carbocycles. The van der Waals surface area contributed by atoms with Gasteiger partial charge in [0, 0.05) is 19.9 Å². The lowest BCUT2D eigenvalue weighted by Gasteiger charge is -2.04. The lowest BCUT2D eigenvalue weighted by atomic mass is 10.00. The zero-order valence-corrected chi connectivity index (χ0v) is 8.16. The molecule has 0 saturated carbocycles. The van der Waals surface area contributed by atoms with E-state index in [1.54, 1.807) is 0 Å². The van der Waals surface area contributed by atoms with E-state index >= 15 is 0 Å². The molecule has 0 spiro atoms. The summed E-state index contributed by atoms with van der Waals surface area (Å²) in [6.07, 6.45) is 4.03. The van der Waals surface area contributed by atoms with E-state index in [9.17, 15) is 0 Å². The highest BCUT2D eigenvalue weighted by atomic mass is 14.0. The summed E-state index contributed by atoms with van der Waals surface area (Å²) in [5, 5.41) is 0. The molecule has 0 bridgehead atoms. The SMILES string of the molecule is C=C([CH2+])CC(=C)CC(=C)CCC. The predicted octanol–water partition coefficient (Wildman–Crippen LogP) is 4.07. The molecule has 0 unspecified atom stereocenters. The van der Waals surface area contributed by atoms with E-state index in [0.717, 1.165) is 31.3 Å². The van der Waals surface area contributed by atoms with Gasteiger partial charge in [0.2, 0.25) is 0 Å². The molecule has 0 aliphatic heterocycles. The van der Waals surface area contributed by atoms with Crippen molar-refractivity contribution < 1.29 is 0 Å². The average Bonchev–Trinajstić information content (AvgIpc) is 1.84. The lowest BCUT2D eigenvalue weighted by molar-refractivity contribution is 0.861. The highest BCUT2D eigenvalue weighted by molar-refractivity contribution is 5.17. The van der Waals surface area contributed by atoms with Crippen molar-refractivity contribution in [1.82, 2.24) is 0 Å². The Hall–Kier alpha value is -0.910. The van der Waals surface area contributed by atoms with Crippen LogP contribution in [0.3, 0.4) is 0 Å². The first kappa shape index (κ1) is 11.1. The maximum absolute atomic E-state index is 3.98. The fraction of sp³-hybridized carbons (Fsp3) is 0.417. The molecule has 0 N–H and O–H groups in total. The quantitative estimate of drug-likeness (QED) is 0.409. The van der Waals surface area contributed by atoms with Gasteiger partial charge in [0.25, 0.3) is 0 Å². The standard InChI is InChI=1S/C12H19/c1-6-7-11(4)9-12(5)8-10(2)3/h2-9H2,1H3/q+1. The first-order valence-electron chi connectivity index (χ1n) is 4.39. The van der Waals surface area contributed by atoms with Gasteiger partial charge >= 0.3 is 0 Å². The van der Waals surface area contributed by atoms with Gasteiger partial charge in [0.05, 0.1) is 0 Å². The van der Waals surface area contributed by atoms with Crippen LogP contribution in [0.25, 0.3) is 0 Å². The minimum Gasteiger partial charge on any atom is -0.0995 e. The third kappa shape index (κ3) is 5.84. The molecule has 0 aliphatic rings. The van der Waals surface area contributed by atoms with Crippen molar-refractivity contribution in [2.75, 3.05) is 0 Å². The molecule has 0 nitrogen and oxygen atoms in total. The Morgan fingerprint density at radius 3 is 2.08 bits per heavy atom. The summed E-state index contributed by atoms with van der Waals surface area (Å²) in [5.74, 6) is 0. The second kappa shape index (κ2) is 5.70. The summed E-state index contributed by atoms with van der Waals surface area (Å²) in [7, 11) is 0. The molecule has 12 heavy (non-hydrogen) atoms. The summed E-state index contributed by atoms with van der Waals surface area (Å²) in [6.45, 7) is 17.6. The molecule has 0 amide bonds. The Morgan fingerprint density at radius 1 is 1.08 bits per heavy atom. The maximum atomic E-state index is 3.98. The summed E-state index contributed by atoms with van der Waals surface area (Å²) in [6, 6.07) is 0. The molecular weight excluding hydrogens is 144 g/mol. The van der Waals surface area contributed by atoms with E-state index in [4.69, 9.17) is 0 Å². The van der Waals surface area contributed by atoms with Gasteiger partial charge in [0.1, 0.15) is 5.57 Å². The summed E-state index contributed by atoms with van der Waals surface area (Å²) in [4.78, 5) is 0. The minimum absolute atomic E-state index is 0.836. The van der Waals surface area contributed by atoms with E-state index in [0.29, 0.717) is 0 Å². The Morgan fingerprint density at radius 2 is 1.67 bits per heavy atom. The molecule has 0 radical (unpaired) electrons. The summed E-state index contributed by atoms with van der Waals surface area (Å²) >= 11 is 0. The molecular formula is C12H19+. The van der Waals surface area contributed by atoms with Crippen LogP contribution in [0.2, 0.25) is 0 Å². The van der Waals surface area contributed by atoms with E-state index in [-0.39, 0.29) is 0 Å². The van der Waals surface area contributed by atoms with Gasteiger partial charge < -0.3 is 0 Å². The fourth-order valence-electron chi connectivity index (χ4n) is 1.21.